The maximum atomic E-state index is 13.6. The maximum Gasteiger partial charge on any atom is 0.490 e. The second kappa shape index (κ2) is 14.5. The first-order valence-corrected chi connectivity index (χ1v) is 13.2. The van der Waals surface area contributed by atoms with Crippen LogP contribution in [-0.2, 0) is 33.0 Å². The van der Waals surface area contributed by atoms with E-state index in [9.17, 15) is 35.5 Å². The molecule has 1 fully saturated rings. The number of carboxylic acid groups (broad SMARTS) is 2. The molecule has 46 heavy (non-hydrogen) atoms. The summed E-state index contributed by atoms with van der Waals surface area (Å²) in [7, 11) is 1.40. The van der Waals surface area contributed by atoms with Crippen LogP contribution in [0, 0.1) is 5.82 Å². The molecule has 3 aromatic rings. The normalized spacial score (nSPS) is 15.9. The Morgan fingerprint density at radius 3 is 2.07 bits per heavy atom. The number of aromatic nitrogens is 4. The number of benzene rings is 1. The Hall–Kier alpha value is -4.81. The van der Waals surface area contributed by atoms with Gasteiger partial charge in [0.25, 0.3) is 0 Å². The molecule has 0 atom stereocenters. The van der Waals surface area contributed by atoms with Gasteiger partial charge in [-0.15, -0.1) is 10.2 Å². The molecule has 1 aromatic carbocycles. The number of carboxylic acids is 2. The molecule has 2 aromatic heterocycles. The minimum absolute atomic E-state index is 0.216. The van der Waals surface area contributed by atoms with E-state index >= 15 is 0 Å². The van der Waals surface area contributed by atoms with Gasteiger partial charge >= 0.3 is 30.4 Å². The first kappa shape index (κ1) is 35.7. The van der Waals surface area contributed by atoms with Gasteiger partial charge in [-0.25, -0.2) is 18.8 Å². The molecule has 12 nitrogen and oxygen atoms in total. The fraction of sp³-hybridized carbons (Fsp3) is 0.407. The Labute approximate surface area is 256 Å². The summed E-state index contributed by atoms with van der Waals surface area (Å²) in [6, 6.07) is 10.6. The Bertz CT molecular complexity index is 1480. The van der Waals surface area contributed by atoms with Gasteiger partial charge < -0.3 is 19.5 Å². The van der Waals surface area contributed by atoms with Crippen molar-refractivity contribution in [2.45, 2.75) is 43.8 Å². The van der Waals surface area contributed by atoms with Crippen LogP contribution in [0.1, 0.15) is 24.2 Å². The van der Waals surface area contributed by atoms with Crippen LogP contribution in [0.15, 0.2) is 48.8 Å². The number of alkyl halides is 6. The number of hydrogen-bond acceptors (Lipinski definition) is 8. The number of rotatable bonds is 3. The van der Waals surface area contributed by atoms with Crippen molar-refractivity contribution in [2.75, 3.05) is 26.7 Å². The second-order valence-electron chi connectivity index (χ2n) is 10.1. The van der Waals surface area contributed by atoms with Crippen molar-refractivity contribution >= 4 is 18.0 Å². The third-order valence-corrected chi connectivity index (χ3v) is 6.94. The lowest BCUT2D eigenvalue weighted by Crippen LogP contribution is -2.57. The zero-order chi connectivity index (χ0) is 34.3. The minimum Gasteiger partial charge on any atom is -0.475 e. The Morgan fingerprint density at radius 1 is 0.957 bits per heavy atom. The van der Waals surface area contributed by atoms with Crippen LogP contribution in [0.2, 0.25) is 0 Å². The molecule has 1 amide bonds. The lowest BCUT2D eigenvalue weighted by atomic mass is 9.84. The molecule has 2 aliphatic heterocycles. The molecule has 5 rings (SSSR count). The summed E-state index contributed by atoms with van der Waals surface area (Å²) in [6.45, 7) is 3.21. The summed E-state index contributed by atoms with van der Waals surface area (Å²) in [4.78, 5) is 38.5. The molecule has 0 radical (unpaired) electrons. The van der Waals surface area contributed by atoms with Crippen LogP contribution in [-0.4, -0.2) is 96.9 Å². The molecule has 0 bridgehead atoms. The highest BCUT2D eigenvalue weighted by atomic mass is 19.4. The van der Waals surface area contributed by atoms with E-state index in [1.54, 1.807) is 29.4 Å². The Kier molecular flexibility index (Phi) is 11.3. The van der Waals surface area contributed by atoms with E-state index in [1.165, 1.54) is 13.2 Å². The number of amides is 1. The number of carbonyl (C=O) groups is 3. The third-order valence-electron chi connectivity index (χ3n) is 6.94. The molecular formula is C27H27F7N6O6. The van der Waals surface area contributed by atoms with E-state index in [-0.39, 0.29) is 17.4 Å². The summed E-state index contributed by atoms with van der Waals surface area (Å²) in [5, 5.41) is 23.1. The molecule has 19 heteroatoms. The van der Waals surface area contributed by atoms with Gasteiger partial charge in [0, 0.05) is 44.1 Å². The average Bonchev–Trinajstić information content (AvgIpc) is 3.43. The van der Waals surface area contributed by atoms with Crippen molar-refractivity contribution in [1.82, 2.24) is 29.5 Å². The fourth-order valence-electron chi connectivity index (χ4n) is 4.91. The van der Waals surface area contributed by atoms with Crippen LogP contribution in [0.25, 0.3) is 11.4 Å². The van der Waals surface area contributed by atoms with Crippen molar-refractivity contribution in [3.05, 3.63) is 66.0 Å². The third kappa shape index (κ3) is 9.11. The van der Waals surface area contributed by atoms with E-state index in [1.807, 2.05) is 18.2 Å². The predicted molar refractivity (Wildman–Crippen MR) is 142 cm³/mol. The molecular weight excluding hydrogens is 637 g/mol. The second-order valence-corrected chi connectivity index (χ2v) is 10.1. The average molecular weight is 665 g/mol. The number of piperidine rings is 1. The number of methoxy groups -OCH3 is 1. The molecule has 0 saturated carbocycles. The van der Waals surface area contributed by atoms with Gasteiger partial charge in [-0.3, -0.25) is 14.8 Å². The van der Waals surface area contributed by atoms with E-state index in [0.717, 1.165) is 48.7 Å². The van der Waals surface area contributed by atoms with E-state index in [0.29, 0.717) is 19.6 Å². The number of ether oxygens (including phenoxy) is 1. The largest absolute Gasteiger partial charge is 0.490 e. The summed E-state index contributed by atoms with van der Waals surface area (Å²) in [5.74, 6) is -4.21. The predicted octanol–water partition coefficient (Wildman–Crippen LogP) is 4.32. The first-order valence-electron chi connectivity index (χ1n) is 13.2. The monoisotopic (exact) mass is 664 g/mol. The number of carbonyl (C=O) groups excluding carboxylic acids is 1. The quantitative estimate of drug-likeness (QED) is 0.388. The van der Waals surface area contributed by atoms with E-state index < -0.39 is 24.3 Å². The highest BCUT2D eigenvalue weighted by molar-refractivity contribution is 5.73. The van der Waals surface area contributed by atoms with Gasteiger partial charge in [0.2, 0.25) is 0 Å². The Balaban J connectivity index is 0.000000345. The highest BCUT2D eigenvalue weighted by Gasteiger charge is 2.46. The molecule has 1 spiro atoms. The number of nitrogens with zero attached hydrogens (tertiary/aromatic N) is 6. The van der Waals surface area contributed by atoms with Gasteiger partial charge in [-0.05, 0) is 42.7 Å². The fourth-order valence-corrected chi connectivity index (χ4v) is 4.91. The molecule has 0 aliphatic carbocycles. The van der Waals surface area contributed by atoms with Gasteiger partial charge in [0.15, 0.2) is 11.6 Å². The lowest BCUT2D eigenvalue weighted by molar-refractivity contribution is -0.193. The van der Waals surface area contributed by atoms with Gasteiger partial charge in [0.05, 0.1) is 19.2 Å². The molecule has 2 N–H and O–H groups in total. The maximum absolute atomic E-state index is 13.6. The molecule has 1 saturated heterocycles. The number of aliphatic carboxylic acids is 2. The minimum atomic E-state index is -5.08. The molecule has 250 valence electrons. The molecule has 4 heterocycles. The molecule has 0 unspecified atom stereocenters. The number of pyridine rings is 1. The summed E-state index contributed by atoms with van der Waals surface area (Å²) in [6.07, 6.45) is -5.38. The summed E-state index contributed by atoms with van der Waals surface area (Å²) in [5.41, 5.74) is 1.52. The standard InChI is InChI=1S/C23H25FN6O2.2C2HF3O2/c1-32-22(31)29-15-20-26-27-21(18-5-3-9-25-13-18)30(20)23(16-29)7-10-28(11-8-23)14-17-4-2-6-19(24)12-17;2*3-2(4,5)1(6)7/h2-6,9,12-13H,7-8,10-11,14-16H2,1H3;2*(H,6,7). The summed E-state index contributed by atoms with van der Waals surface area (Å²) >= 11 is 0. The van der Waals surface area contributed by atoms with Gasteiger partial charge in [0.1, 0.15) is 5.82 Å². The number of halogens is 7. The van der Waals surface area contributed by atoms with E-state index in [2.05, 4.69) is 24.6 Å². The number of likely N-dealkylation sites (tertiary alicyclic amines) is 1. The van der Waals surface area contributed by atoms with E-state index in [4.69, 9.17) is 24.5 Å². The van der Waals surface area contributed by atoms with Crippen LogP contribution < -0.4 is 0 Å². The van der Waals surface area contributed by atoms with Crippen LogP contribution in [0.5, 0.6) is 0 Å². The zero-order valence-electron chi connectivity index (χ0n) is 23.9. The first-order chi connectivity index (χ1) is 21.5. The number of hydrogen-bond donors (Lipinski definition) is 2. The van der Waals surface area contributed by atoms with Crippen molar-refractivity contribution in [1.29, 1.82) is 0 Å². The van der Waals surface area contributed by atoms with Crippen LogP contribution >= 0.6 is 0 Å². The smallest absolute Gasteiger partial charge is 0.475 e. The number of fused-ring (bicyclic) bond motifs is 2. The van der Waals surface area contributed by atoms with Crippen LogP contribution in [0.4, 0.5) is 35.5 Å². The van der Waals surface area contributed by atoms with Crippen molar-refractivity contribution in [2.24, 2.45) is 0 Å². The highest BCUT2D eigenvalue weighted by Crippen LogP contribution is 2.39. The topological polar surface area (TPSA) is 151 Å². The summed E-state index contributed by atoms with van der Waals surface area (Å²) < 4.78 is 84.3. The van der Waals surface area contributed by atoms with Crippen LogP contribution in [0.3, 0.4) is 0 Å². The van der Waals surface area contributed by atoms with Gasteiger partial charge in [-0.1, -0.05) is 12.1 Å². The van der Waals surface area contributed by atoms with Crippen molar-refractivity contribution in [3.63, 3.8) is 0 Å². The molecule has 2 aliphatic rings. The Morgan fingerprint density at radius 2 is 1.57 bits per heavy atom. The van der Waals surface area contributed by atoms with Crippen molar-refractivity contribution < 1.29 is 60.1 Å². The van der Waals surface area contributed by atoms with Crippen molar-refractivity contribution in [3.8, 4) is 11.4 Å². The SMILES string of the molecule is COC(=O)N1Cc2nnc(-c3cccnc3)n2C2(CCN(Cc3cccc(F)c3)CC2)C1.O=C(O)C(F)(F)F.O=C(O)C(F)(F)F. The zero-order valence-corrected chi connectivity index (χ0v) is 23.9. The lowest BCUT2D eigenvalue weighted by Gasteiger charge is -2.48. The van der Waals surface area contributed by atoms with Gasteiger partial charge in [-0.2, -0.15) is 26.3 Å².